The molecule has 0 atom stereocenters. The van der Waals surface area contributed by atoms with Gasteiger partial charge in [-0.2, -0.15) is 4.98 Å². The van der Waals surface area contributed by atoms with Gasteiger partial charge in [0, 0.05) is 18.7 Å². The quantitative estimate of drug-likeness (QED) is 0.664. The van der Waals surface area contributed by atoms with Gasteiger partial charge in [-0.25, -0.2) is 9.78 Å². The van der Waals surface area contributed by atoms with Gasteiger partial charge in [0.2, 0.25) is 17.6 Å². The second-order valence-corrected chi connectivity index (χ2v) is 4.84. The Morgan fingerprint density at radius 2 is 2.00 bits per heavy atom. The van der Waals surface area contributed by atoms with Crippen molar-refractivity contribution in [1.82, 2.24) is 15.1 Å². The highest BCUT2D eigenvalue weighted by Gasteiger charge is 2.15. The van der Waals surface area contributed by atoms with Crippen LogP contribution in [0.25, 0.3) is 11.4 Å². The van der Waals surface area contributed by atoms with Crippen molar-refractivity contribution < 1.29 is 18.8 Å². The van der Waals surface area contributed by atoms with E-state index >= 15 is 0 Å². The normalized spacial score (nSPS) is 10.4. The highest BCUT2D eigenvalue weighted by atomic mass is 16.5. The van der Waals surface area contributed by atoms with E-state index in [1.165, 1.54) is 0 Å². The molecule has 0 N–H and O–H groups in total. The number of hydrogen-bond acceptors (Lipinski definition) is 7. The van der Waals surface area contributed by atoms with Gasteiger partial charge in [-0.05, 0) is 43.3 Å². The first-order valence-electron chi connectivity index (χ1n) is 7.38. The molecule has 3 aromatic rings. The largest absolute Gasteiger partial charge is 0.462 e. The Balaban J connectivity index is 1.81. The van der Waals surface area contributed by atoms with Crippen molar-refractivity contribution >= 4 is 5.97 Å². The number of hydrogen-bond donors (Lipinski definition) is 0. The van der Waals surface area contributed by atoms with E-state index in [1.54, 1.807) is 56.4 Å². The van der Waals surface area contributed by atoms with Crippen LogP contribution >= 0.6 is 0 Å². The molecule has 24 heavy (non-hydrogen) atoms. The summed E-state index contributed by atoms with van der Waals surface area (Å²) in [5.41, 5.74) is 1.07. The molecule has 1 aromatic carbocycles. The number of nitrogens with zero attached hydrogens (tertiary/aromatic N) is 3. The van der Waals surface area contributed by atoms with Crippen molar-refractivity contribution in [3.63, 3.8) is 0 Å². The molecule has 0 saturated carbocycles. The molecule has 0 saturated heterocycles. The van der Waals surface area contributed by atoms with Gasteiger partial charge < -0.3 is 14.0 Å². The number of carbonyl (C=O) groups excluding carboxylic acids is 1. The van der Waals surface area contributed by atoms with Crippen LogP contribution in [0.2, 0.25) is 0 Å². The third-order valence-electron chi connectivity index (χ3n) is 3.12. The van der Waals surface area contributed by atoms with Crippen LogP contribution in [-0.4, -0.2) is 27.7 Å². The molecule has 0 amide bonds. The highest BCUT2D eigenvalue weighted by Crippen LogP contribution is 2.26. The molecule has 0 bridgehead atoms. The van der Waals surface area contributed by atoms with E-state index in [4.69, 9.17) is 14.0 Å². The van der Waals surface area contributed by atoms with Crippen molar-refractivity contribution in [2.45, 2.75) is 13.8 Å². The lowest BCUT2D eigenvalue weighted by atomic mass is 10.2. The molecule has 0 aliphatic rings. The summed E-state index contributed by atoms with van der Waals surface area (Å²) in [6, 6.07) is 10.3. The lowest BCUT2D eigenvalue weighted by molar-refractivity contribution is 0.0522. The fourth-order valence-corrected chi connectivity index (χ4v) is 2.04. The number of rotatable bonds is 5. The molecule has 0 fully saturated rings. The SMILES string of the molecule is CCOC(=O)c1cccnc1Oc1ccc(-c2noc(C)n2)cc1. The van der Waals surface area contributed by atoms with Crippen LogP contribution in [0.15, 0.2) is 47.1 Å². The lowest BCUT2D eigenvalue weighted by Crippen LogP contribution is -2.07. The Labute approximate surface area is 138 Å². The van der Waals surface area contributed by atoms with Crippen LogP contribution in [0.4, 0.5) is 0 Å². The maximum Gasteiger partial charge on any atom is 0.343 e. The minimum Gasteiger partial charge on any atom is -0.462 e. The maximum absolute atomic E-state index is 11.9. The fraction of sp³-hybridized carbons (Fsp3) is 0.176. The van der Waals surface area contributed by atoms with Gasteiger partial charge >= 0.3 is 5.97 Å². The zero-order valence-corrected chi connectivity index (χ0v) is 13.2. The average Bonchev–Trinajstić information content (AvgIpc) is 3.03. The summed E-state index contributed by atoms with van der Waals surface area (Å²) in [4.78, 5) is 20.2. The number of carbonyl (C=O) groups is 1. The Morgan fingerprint density at radius 3 is 2.67 bits per heavy atom. The van der Waals surface area contributed by atoms with Gasteiger partial charge in [0.1, 0.15) is 11.3 Å². The third-order valence-corrected chi connectivity index (χ3v) is 3.12. The van der Waals surface area contributed by atoms with Crippen molar-refractivity contribution in [2.75, 3.05) is 6.61 Å². The summed E-state index contributed by atoms with van der Waals surface area (Å²) in [6.07, 6.45) is 1.55. The summed E-state index contributed by atoms with van der Waals surface area (Å²) in [6.45, 7) is 3.76. The Morgan fingerprint density at radius 1 is 1.21 bits per heavy atom. The van der Waals surface area contributed by atoms with Crippen LogP contribution in [-0.2, 0) is 4.74 Å². The molecule has 2 aromatic heterocycles. The number of aromatic nitrogens is 3. The van der Waals surface area contributed by atoms with E-state index < -0.39 is 5.97 Å². The molecular formula is C17H15N3O4. The van der Waals surface area contributed by atoms with Gasteiger partial charge in [-0.1, -0.05) is 5.16 Å². The standard InChI is InChI=1S/C17H15N3O4/c1-3-22-17(21)14-5-4-10-18-16(14)23-13-8-6-12(7-9-13)15-19-11(2)24-20-15/h4-10H,3H2,1-2H3. The van der Waals surface area contributed by atoms with E-state index in [2.05, 4.69) is 15.1 Å². The van der Waals surface area contributed by atoms with Crippen LogP contribution in [0, 0.1) is 6.92 Å². The van der Waals surface area contributed by atoms with E-state index in [0.717, 1.165) is 5.56 Å². The topological polar surface area (TPSA) is 87.3 Å². The van der Waals surface area contributed by atoms with Crippen molar-refractivity contribution in [1.29, 1.82) is 0 Å². The molecule has 0 spiro atoms. The van der Waals surface area contributed by atoms with Crippen LogP contribution in [0.5, 0.6) is 11.6 Å². The first-order chi connectivity index (χ1) is 11.7. The van der Waals surface area contributed by atoms with Gasteiger partial charge in [0.05, 0.1) is 6.61 Å². The van der Waals surface area contributed by atoms with Crippen LogP contribution in [0.3, 0.4) is 0 Å². The second kappa shape index (κ2) is 6.91. The predicted molar refractivity (Wildman–Crippen MR) is 84.7 cm³/mol. The highest BCUT2D eigenvalue weighted by molar-refractivity contribution is 5.91. The van der Waals surface area contributed by atoms with E-state index in [1.807, 2.05) is 0 Å². The van der Waals surface area contributed by atoms with E-state index in [-0.39, 0.29) is 18.1 Å². The molecule has 0 aliphatic carbocycles. The number of aryl methyl sites for hydroxylation is 1. The summed E-state index contributed by atoms with van der Waals surface area (Å²) in [7, 11) is 0. The number of benzene rings is 1. The average molecular weight is 325 g/mol. The first kappa shape index (κ1) is 15.7. The molecule has 0 unspecified atom stereocenters. The summed E-state index contributed by atoms with van der Waals surface area (Å²) < 4.78 is 15.7. The molecule has 7 nitrogen and oxygen atoms in total. The Hall–Kier alpha value is -3.22. The Kier molecular flexibility index (Phi) is 4.51. The number of ether oxygens (including phenoxy) is 2. The molecule has 0 aliphatic heterocycles. The van der Waals surface area contributed by atoms with Crippen LogP contribution < -0.4 is 4.74 Å². The van der Waals surface area contributed by atoms with Crippen LogP contribution in [0.1, 0.15) is 23.2 Å². The van der Waals surface area contributed by atoms with Gasteiger partial charge in [0.15, 0.2) is 0 Å². The molecule has 7 heteroatoms. The molecule has 122 valence electrons. The summed E-state index contributed by atoms with van der Waals surface area (Å²) in [5.74, 6) is 1.25. The zero-order valence-electron chi connectivity index (χ0n) is 13.2. The van der Waals surface area contributed by atoms with E-state index in [9.17, 15) is 4.79 Å². The number of pyridine rings is 1. The molecule has 3 rings (SSSR count). The second-order valence-electron chi connectivity index (χ2n) is 4.84. The van der Waals surface area contributed by atoms with Gasteiger partial charge in [0.25, 0.3) is 0 Å². The summed E-state index contributed by atoms with van der Waals surface area (Å²) >= 11 is 0. The van der Waals surface area contributed by atoms with E-state index in [0.29, 0.717) is 17.5 Å². The minimum atomic E-state index is -0.473. The maximum atomic E-state index is 11.9. The predicted octanol–water partition coefficient (Wildman–Crippen LogP) is 3.41. The number of esters is 1. The van der Waals surface area contributed by atoms with Gasteiger partial charge in [-0.3, -0.25) is 0 Å². The zero-order chi connectivity index (χ0) is 16.9. The van der Waals surface area contributed by atoms with Crippen molar-refractivity contribution in [2.24, 2.45) is 0 Å². The summed E-state index contributed by atoms with van der Waals surface area (Å²) in [5, 5.41) is 3.86. The lowest BCUT2D eigenvalue weighted by Gasteiger charge is -2.09. The molecular weight excluding hydrogens is 310 g/mol. The Bertz CT molecular complexity index is 843. The van der Waals surface area contributed by atoms with Crippen molar-refractivity contribution in [3.05, 3.63) is 54.0 Å². The first-order valence-corrected chi connectivity index (χ1v) is 7.38. The smallest absolute Gasteiger partial charge is 0.343 e. The van der Waals surface area contributed by atoms with Gasteiger partial charge in [-0.15, -0.1) is 0 Å². The van der Waals surface area contributed by atoms with Crippen molar-refractivity contribution in [3.8, 4) is 23.0 Å². The minimum absolute atomic E-state index is 0.194. The monoisotopic (exact) mass is 325 g/mol. The molecule has 0 radical (unpaired) electrons. The fourth-order valence-electron chi connectivity index (χ4n) is 2.04. The third kappa shape index (κ3) is 3.40. The molecule has 2 heterocycles.